The van der Waals surface area contributed by atoms with Crippen LogP contribution >= 0.6 is 7.82 Å². The Hall–Kier alpha value is -7.34. The van der Waals surface area contributed by atoms with Crippen LogP contribution in [-0.2, 0) is 68.7 Å². The molecular weight excluding hydrogens is 1260 g/mol. The van der Waals surface area contributed by atoms with Crippen LogP contribution in [0.4, 0.5) is 5.82 Å². The Morgan fingerprint density at radius 1 is 0.826 bits per heavy atom. The van der Waals surface area contributed by atoms with Gasteiger partial charge in [-0.15, -0.1) is 0 Å². The third-order valence-corrected chi connectivity index (χ3v) is 20.8. The minimum absolute atomic E-state index is 0. The van der Waals surface area contributed by atoms with E-state index < -0.39 is 143 Å². The van der Waals surface area contributed by atoms with Gasteiger partial charge in [-0.3, -0.25) is 57.7 Å². The molecule has 31 nitrogen and oxygen atoms in total. The first-order valence-electron chi connectivity index (χ1n) is 29.8. The molecule has 17 N–H and O–H groups in total. The van der Waals surface area contributed by atoms with Crippen molar-refractivity contribution in [2.75, 3.05) is 18.9 Å². The standard InChI is InChI=1S/C58H85N16O14P.CN.Co/c1-26(87-89(84,85)88-47-34(23-75)86-53(46(47)83)74-25-69-52-45(74)51(65)67-24-68-52)22-66-42(82)16-17-55(6)32(18-39(62)79)50-58(9)57(8,21-41(64)81)31(12-15-38(61)78)44(73-58)28(3)49-56(7,20-40(63)80)29(10-13-36(59)76)33(70-49)19-35-54(4,5)30(11-14-37(60)77)43(71-35)27(2)48(55)72-50;1-2;/h19,24-26,29-32,34,46-47,50,53,75,83H,10-18,20-23H2,1-9H3,(H17,59,60,61,62,63,64,65,66,67,68,70,71,72,73,76,77,78,79,80,81,82,84,85);;/q;-1;+3/p-2/t26-,29-,30-,31-,32+,34-,46-,47-,50-,53+,55-,56+,57+,58+;;/m1../s1. The molecule has 6 aliphatic rings. The average Bonchev–Trinajstić information content (AvgIpc) is 1.53. The zero-order valence-corrected chi connectivity index (χ0v) is 54.8. The van der Waals surface area contributed by atoms with Crippen LogP contribution in [0.2, 0.25) is 0 Å². The van der Waals surface area contributed by atoms with Gasteiger partial charge >= 0.3 is 16.8 Å². The Kier molecular flexibility index (Phi) is 22.5. The molecule has 8 heterocycles. The Labute approximate surface area is 542 Å². The second-order valence-corrected chi connectivity index (χ2v) is 27.3. The molecule has 0 radical (unpaired) electrons. The van der Waals surface area contributed by atoms with Gasteiger partial charge in [0.15, 0.2) is 17.7 Å². The van der Waals surface area contributed by atoms with Crippen LogP contribution in [-0.4, -0.2) is 137 Å². The number of fused-ring (bicyclic) bond motifs is 7. The van der Waals surface area contributed by atoms with Gasteiger partial charge in [0, 0.05) is 108 Å². The predicted octanol–water partition coefficient (Wildman–Crippen LogP) is 1.16. The molecule has 502 valence electrons. The largest absolute Gasteiger partial charge is 3.00 e. The molecule has 33 heteroatoms. The van der Waals surface area contributed by atoms with Crippen molar-refractivity contribution in [3.8, 4) is 0 Å². The second kappa shape index (κ2) is 28.1. The fourth-order valence-corrected chi connectivity index (χ4v) is 16.1. The van der Waals surface area contributed by atoms with Gasteiger partial charge < -0.3 is 91.5 Å². The van der Waals surface area contributed by atoms with E-state index >= 15 is 0 Å². The van der Waals surface area contributed by atoms with E-state index in [0.717, 1.165) is 0 Å². The third-order valence-electron chi connectivity index (χ3n) is 19.7. The Morgan fingerprint density at radius 2 is 1.42 bits per heavy atom. The number of carbonyl (C=O) groups is 7. The first-order chi connectivity index (χ1) is 42.4. The van der Waals surface area contributed by atoms with Crippen molar-refractivity contribution in [2.45, 2.75) is 175 Å². The fourth-order valence-electron chi connectivity index (χ4n) is 14.9. The van der Waals surface area contributed by atoms with Crippen molar-refractivity contribution in [3.63, 3.8) is 0 Å². The number of primary amides is 6. The number of ether oxygens (including phenoxy) is 1. The zero-order chi connectivity index (χ0) is 67.8. The number of phosphoric ester groups is 1. The monoisotopic (exact) mass is 1340 g/mol. The van der Waals surface area contributed by atoms with Gasteiger partial charge in [0.25, 0.3) is 7.82 Å². The van der Waals surface area contributed by atoms with Crippen molar-refractivity contribution in [1.29, 1.82) is 5.26 Å². The topological polar surface area (TPSA) is 541 Å². The van der Waals surface area contributed by atoms with Crippen LogP contribution in [0.25, 0.3) is 16.5 Å². The summed E-state index contributed by atoms with van der Waals surface area (Å²) in [6, 6.07) is -1.07. The maximum absolute atomic E-state index is 14.3. The number of aliphatic imine (C=N–C) groups is 3. The molecule has 2 aromatic heterocycles. The van der Waals surface area contributed by atoms with Crippen molar-refractivity contribution in [2.24, 2.45) is 94.7 Å². The van der Waals surface area contributed by atoms with E-state index in [0.29, 0.717) is 45.4 Å². The summed E-state index contributed by atoms with van der Waals surface area (Å²) in [5.74, 6) is -7.51. The molecule has 2 fully saturated rings. The van der Waals surface area contributed by atoms with Crippen LogP contribution < -0.4 is 50.3 Å². The number of allylic oxidation sites excluding steroid dienone is 6. The maximum Gasteiger partial charge on any atom is 3.00 e. The van der Waals surface area contributed by atoms with Gasteiger partial charge in [-0.2, -0.15) is 5.70 Å². The van der Waals surface area contributed by atoms with Gasteiger partial charge in [-0.1, -0.05) is 40.7 Å². The van der Waals surface area contributed by atoms with Crippen LogP contribution in [0.15, 0.2) is 61.9 Å². The quantitative estimate of drug-likeness (QED) is 0.0467. The van der Waals surface area contributed by atoms with E-state index in [2.05, 4.69) is 20.3 Å². The first kappa shape index (κ1) is 73.7. The molecule has 15 atom stereocenters. The number of aliphatic hydroxyl groups is 2. The molecule has 8 bridgehead atoms. The Bertz CT molecular complexity index is 3550. The molecule has 7 amide bonds. The number of hydrogen-bond acceptors (Lipinski definition) is 22. The molecule has 6 aliphatic heterocycles. The first-order valence-corrected chi connectivity index (χ1v) is 31.3. The minimum Gasteiger partial charge on any atom is -0.756 e. The van der Waals surface area contributed by atoms with Crippen molar-refractivity contribution in [1.82, 2.24) is 24.8 Å². The van der Waals surface area contributed by atoms with E-state index in [9.17, 15) is 53.2 Å². The summed E-state index contributed by atoms with van der Waals surface area (Å²) in [7, 11) is -5.36. The van der Waals surface area contributed by atoms with Gasteiger partial charge in [0.1, 0.15) is 36.5 Å². The van der Waals surface area contributed by atoms with Crippen LogP contribution in [0, 0.1) is 57.2 Å². The van der Waals surface area contributed by atoms with Crippen molar-refractivity contribution in [3.05, 3.63) is 58.9 Å². The van der Waals surface area contributed by atoms with Gasteiger partial charge in [-0.05, 0) is 81.9 Å². The summed E-state index contributed by atoms with van der Waals surface area (Å²) < 4.78 is 31.3. The molecule has 2 aromatic rings. The number of nitrogen functional groups attached to an aromatic ring is 1. The van der Waals surface area contributed by atoms with E-state index in [1.54, 1.807) is 20.8 Å². The number of imidazole rings is 1. The number of amides is 7. The number of nitrogens with one attached hydrogen (secondary N) is 1. The number of rotatable bonds is 26. The Balaban J connectivity index is 0.00000444. The summed E-state index contributed by atoms with van der Waals surface area (Å²) in [5, 5.41) is 36.1. The van der Waals surface area contributed by atoms with Gasteiger partial charge in [0.05, 0.1) is 23.9 Å². The van der Waals surface area contributed by atoms with E-state index in [1.807, 2.05) is 40.7 Å². The molecule has 8 rings (SSSR count). The number of nitrogens with zero attached hydrogens (tertiary/aromatic N) is 9. The predicted molar refractivity (Wildman–Crippen MR) is 327 cm³/mol. The molecule has 0 spiro atoms. The number of aliphatic hydroxyl groups excluding tert-OH is 2. The van der Waals surface area contributed by atoms with E-state index in [-0.39, 0.29) is 111 Å². The van der Waals surface area contributed by atoms with Crippen molar-refractivity contribution < 1.29 is 83.8 Å². The summed E-state index contributed by atoms with van der Waals surface area (Å²) in [4.78, 5) is 135. The van der Waals surface area contributed by atoms with Crippen molar-refractivity contribution >= 4 is 83.3 Å². The summed E-state index contributed by atoms with van der Waals surface area (Å²) in [6.07, 6.45) is -4.35. The zero-order valence-electron chi connectivity index (χ0n) is 52.8. The number of phosphoric acid groups is 1. The number of hydrogen-bond donors (Lipinski definition) is 10. The second-order valence-electron chi connectivity index (χ2n) is 26.0. The third kappa shape index (κ3) is 14.1. The smallest absolute Gasteiger partial charge is 0.756 e. The van der Waals surface area contributed by atoms with Crippen LogP contribution in [0.3, 0.4) is 0 Å². The molecular formula is C59H83CoN17O14P. The fraction of sp³-hybridized carbons (Fsp3) is 0.627. The van der Waals surface area contributed by atoms with E-state index in [4.69, 9.17) is 86.0 Å². The van der Waals surface area contributed by atoms with Gasteiger partial charge in [-0.25, -0.2) is 15.0 Å². The number of anilines is 1. The summed E-state index contributed by atoms with van der Waals surface area (Å²) in [5.41, 5.74) is 39.8. The normalized spacial score (nSPS) is 33.3. The Morgan fingerprint density at radius 3 is 2.00 bits per heavy atom. The number of nitrogens with two attached hydrogens (primary N) is 7. The molecule has 0 saturated carbocycles. The minimum atomic E-state index is -5.36. The number of aromatic nitrogens is 4. The SMILES string of the molecule is C/C1=C2/[N-][C@H]([C@H](CC(N)=O)[C@@]2(C)CCC(=O)NC[C@@H](C)OP(=O)([O-])O[C@H]2[C@@H](O)[C@@H](n3cnc4ncnc(N)c43)O[C@@H]2CO)[C@]2(C)N=C(/C(C)=C3N=C(/C=C4N=C1[C@@H](CCC(N)=O)C\4(C)C)[C@@H](CCC(N)=O)[C@]\3(C)CC(N)=O)[C@@H](CCC(N)=O)[C@]2(C)CC(N)=O.[C-]#N.[Co+3]. The van der Waals surface area contributed by atoms with Gasteiger partial charge in [0.2, 0.25) is 41.4 Å². The average molecular weight is 1340 g/mol. The maximum atomic E-state index is 14.3. The molecule has 1 unspecified atom stereocenters. The van der Waals surface area contributed by atoms with E-state index in [1.165, 1.54) is 24.1 Å². The summed E-state index contributed by atoms with van der Waals surface area (Å²) in [6.45, 7) is 19.7. The summed E-state index contributed by atoms with van der Waals surface area (Å²) >= 11 is 0. The van der Waals surface area contributed by atoms with Crippen LogP contribution in [0.5, 0.6) is 0 Å². The number of carbonyl (C=O) groups excluding carboxylic acids is 7. The molecule has 2 saturated heterocycles. The molecule has 0 aliphatic carbocycles. The molecule has 0 aromatic carbocycles. The van der Waals surface area contributed by atoms with Crippen LogP contribution in [0.1, 0.15) is 139 Å². The molecule has 92 heavy (non-hydrogen) atoms.